The number of hydrogen-bond donors (Lipinski definition) is 2. The number of rotatable bonds is 7. The van der Waals surface area contributed by atoms with Crippen molar-refractivity contribution in [2.45, 2.75) is 26.4 Å². The predicted octanol–water partition coefficient (Wildman–Crippen LogP) is 4.53. The molecule has 164 valence electrons. The van der Waals surface area contributed by atoms with E-state index in [0.29, 0.717) is 16.6 Å². The summed E-state index contributed by atoms with van der Waals surface area (Å²) in [4.78, 5) is 32.2. The molecule has 0 aliphatic rings. The summed E-state index contributed by atoms with van der Waals surface area (Å²) in [6.07, 6.45) is 0. The number of aromatic amines is 1. The molecular formula is C24H22ClN3O4. The SMILES string of the molecule is CCOC(=O)c1c(C)oc2nc(CN[C@@H](c3ccccc3)c3ccc(Cl)cc3)[nH]c(=O)c12. The van der Waals surface area contributed by atoms with Gasteiger partial charge in [-0.25, -0.2) is 4.79 Å². The van der Waals surface area contributed by atoms with Crippen molar-refractivity contribution in [3.05, 3.63) is 98.2 Å². The maximum absolute atomic E-state index is 12.8. The molecule has 2 heterocycles. The average molecular weight is 452 g/mol. The molecule has 2 aromatic carbocycles. The van der Waals surface area contributed by atoms with Crippen LogP contribution in [0.15, 0.2) is 63.8 Å². The first-order valence-corrected chi connectivity index (χ1v) is 10.6. The van der Waals surface area contributed by atoms with Gasteiger partial charge in [0.15, 0.2) is 0 Å². The molecule has 0 fully saturated rings. The number of furan rings is 1. The van der Waals surface area contributed by atoms with Crippen LogP contribution in [0.25, 0.3) is 11.1 Å². The number of carbonyl (C=O) groups is 1. The lowest BCUT2D eigenvalue weighted by Gasteiger charge is -2.19. The third-order valence-corrected chi connectivity index (χ3v) is 5.33. The molecule has 0 bridgehead atoms. The molecule has 0 radical (unpaired) electrons. The maximum Gasteiger partial charge on any atom is 0.342 e. The molecule has 1 atom stereocenters. The molecular weight excluding hydrogens is 430 g/mol. The standard InChI is InChI=1S/C24H22ClN3O4/c1-3-31-24(30)19-14(2)32-23-20(19)22(29)27-18(28-23)13-26-21(15-7-5-4-6-8-15)16-9-11-17(25)12-10-16/h4-12,21,26H,3,13H2,1-2H3,(H,27,28,29)/t21-/m0/s1. The molecule has 8 heteroatoms. The van der Waals surface area contributed by atoms with E-state index in [0.717, 1.165) is 11.1 Å². The second kappa shape index (κ2) is 9.38. The first kappa shape index (κ1) is 21.8. The quantitative estimate of drug-likeness (QED) is 0.400. The van der Waals surface area contributed by atoms with Crippen molar-refractivity contribution in [1.82, 2.24) is 15.3 Å². The largest absolute Gasteiger partial charge is 0.462 e. The Morgan fingerprint density at radius 2 is 1.84 bits per heavy atom. The van der Waals surface area contributed by atoms with Crippen LogP contribution in [-0.4, -0.2) is 22.5 Å². The van der Waals surface area contributed by atoms with E-state index >= 15 is 0 Å². The monoisotopic (exact) mass is 451 g/mol. The fourth-order valence-corrected chi connectivity index (χ4v) is 3.75. The van der Waals surface area contributed by atoms with Crippen molar-refractivity contribution in [2.24, 2.45) is 0 Å². The number of aromatic nitrogens is 2. The third-order valence-electron chi connectivity index (χ3n) is 5.08. The van der Waals surface area contributed by atoms with Crippen molar-refractivity contribution in [3.63, 3.8) is 0 Å². The van der Waals surface area contributed by atoms with E-state index in [1.54, 1.807) is 13.8 Å². The van der Waals surface area contributed by atoms with Gasteiger partial charge in [0.05, 0.1) is 19.2 Å². The van der Waals surface area contributed by atoms with Gasteiger partial charge in [-0.05, 0) is 37.1 Å². The van der Waals surface area contributed by atoms with Gasteiger partial charge in [0.1, 0.15) is 22.5 Å². The Labute approximate surface area is 189 Å². The molecule has 0 saturated heterocycles. The number of carbonyl (C=O) groups excluding carboxylic acids is 1. The van der Waals surface area contributed by atoms with Gasteiger partial charge in [-0.2, -0.15) is 4.98 Å². The Balaban J connectivity index is 1.65. The van der Waals surface area contributed by atoms with Crippen molar-refractivity contribution in [1.29, 1.82) is 0 Å². The number of nitrogens with zero attached hydrogens (tertiary/aromatic N) is 1. The fourth-order valence-electron chi connectivity index (χ4n) is 3.62. The zero-order chi connectivity index (χ0) is 22.7. The number of aryl methyl sites for hydroxylation is 1. The van der Waals surface area contributed by atoms with E-state index in [1.807, 2.05) is 54.6 Å². The summed E-state index contributed by atoms with van der Waals surface area (Å²) >= 11 is 6.05. The lowest BCUT2D eigenvalue weighted by molar-refractivity contribution is 0.0526. The van der Waals surface area contributed by atoms with Crippen LogP contribution in [0.2, 0.25) is 5.02 Å². The lowest BCUT2D eigenvalue weighted by atomic mass is 9.99. The molecule has 4 aromatic rings. The zero-order valence-electron chi connectivity index (χ0n) is 17.6. The predicted molar refractivity (Wildman–Crippen MR) is 122 cm³/mol. The smallest absolute Gasteiger partial charge is 0.342 e. The second-order valence-corrected chi connectivity index (χ2v) is 7.66. The molecule has 2 N–H and O–H groups in total. The molecule has 0 amide bonds. The third kappa shape index (κ3) is 4.44. The Kier molecular flexibility index (Phi) is 6.39. The van der Waals surface area contributed by atoms with Gasteiger partial charge < -0.3 is 14.1 Å². The number of halogens is 1. The highest BCUT2D eigenvalue weighted by Crippen LogP contribution is 2.25. The summed E-state index contributed by atoms with van der Waals surface area (Å²) in [6.45, 7) is 3.77. The summed E-state index contributed by atoms with van der Waals surface area (Å²) < 4.78 is 10.6. The summed E-state index contributed by atoms with van der Waals surface area (Å²) in [6, 6.07) is 17.4. The Morgan fingerprint density at radius 1 is 1.16 bits per heavy atom. The van der Waals surface area contributed by atoms with E-state index in [1.165, 1.54) is 0 Å². The molecule has 7 nitrogen and oxygen atoms in total. The van der Waals surface area contributed by atoms with Crippen LogP contribution in [0.3, 0.4) is 0 Å². The van der Waals surface area contributed by atoms with Gasteiger partial charge in [0, 0.05) is 5.02 Å². The second-order valence-electron chi connectivity index (χ2n) is 7.22. The number of benzene rings is 2. The van der Waals surface area contributed by atoms with Crippen LogP contribution in [-0.2, 0) is 11.3 Å². The molecule has 0 saturated carbocycles. The van der Waals surface area contributed by atoms with Crippen molar-refractivity contribution >= 4 is 28.7 Å². The van der Waals surface area contributed by atoms with Crippen LogP contribution in [0, 0.1) is 6.92 Å². The van der Waals surface area contributed by atoms with E-state index in [-0.39, 0.29) is 35.9 Å². The number of fused-ring (bicyclic) bond motifs is 1. The van der Waals surface area contributed by atoms with Gasteiger partial charge in [-0.15, -0.1) is 0 Å². The first-order valence-electron chi connectivity index (χ1n) is 10.2. The Morgan fingerprint density at radius 3 is 2.53 bits per heavy atom. The summed E-state index contributed by atoms with van der Waals surface area (Å²) in [5.74, 6) is 0.0836. The number of ether oxygens (including phenoxy) is 1. The zero-order valence-corrected chi connectivity index (χ0v) is 18.4. The molecule has 0 aliphatic heterocycles. The maximum atomic E-state index is 12.8. The highest BCUT2D eigenvalue weighted by Gasteiger charge is 2.24. The van der Waals surface area contributed by atoms with Gasteiger partial charge in [0.25, 0.3) is 5.56 Å². The van der Waals surface area contributed by atoms with Crippen molar-refractivity contribution < 1.29 is 13.9 Å². The van der Waals surface area contributed by atoms with E-state index in [2.05, 4.69) is 15.3 Å². The van der Waals surface area contributed by atoms with Crippen molar-refractivity contribution in [2.75, 3.05) is 6.61 Å². The molecule has 4 rings (SSSR count). The molecule has 2 aromatic heterocycles. The van der Waals surface area contributed by atoms with Gasteiger partial charge in [0.2, 0.25) is 5.71 Å². The van der Waals surface area contributed by atoms with E-state index < -0.39 is 11.5 Å². The van der Waals surface area contributed by atoms with Crippen LogP contribution < -0.4 is 10.9 Å². The Hall–Kier alpha value is -3.42. The van der Waals surface area contributed by atoms with Gasteiger partial charge >= 0.3 is 5.97 Å². The summed E-state index contributed by atoms with van der Waals surface area (Å²) in [7, 11) is 0. The fraction of sp³-hybridized carbons (Fsp3) is 0.208. The van der Waals surface area contributed by atoms with E-state index in [4.69, 9.17) is 20.8 Å². The first-order chi connectivity index (χ1) is 15.5. The minimum absolute atomic E-state index is 0.0991. The minimum Gasteiger partial charge on any atom is -0.462 e. The van der Waals surface area contributed by atoms with Crippen LogP contribution >= 0.6 is 11.6 Å². The molecule has 0 unspecified atom stereocenters. The number of esters is 1. The highest BCUT2D eigenvalue weighted by molar-refractivity contribution is 6.30. The summed E-state index contributed by atoms with van der Waals surface area (Å²) in [5, 5.41) is 4.19. The Bertz CT molecular complexity index is 1300. The molecule has 0 spiro atoms. The topological polar surface area (TPSA) is 97.2 Å². The van der Waals surface area contributed by atoms with Crippen molar-refractivity contribution in [3.8, 4) is 0 Å². The number of H-pyrrole nitrogens is 1. The number of hydrogen-bond acceptors (Lipinski definition) is 6. The van der Waals surface area contributed by atoms with Gasteiger partial charge in [-0.1, -0.05) is 54.1 Å². The van der Waals surface area contributed by atoms with Crippen LogP contribution in [0.1, 0.15) is 46.0 Å². The normalized spacial score (nSPS) is 12.1. The highest BCUT2D eigenvalue weighted by atomic mass is 35.5. The minimum atomic E-state index is -0.603. The van der Waals surface area contributed by atoms with E-state index in [9.17, 15) is 9.59 Å². The van der Waals surface area contributed by atoms with Gasteiger partial charge in [-0.3, -0.25) is 10.1 Å². The van der Waals surface area contributed by atoms with Crippen LogP contribution in [0.4, 0.5) is 0 Å². The average Bonchev–Trinajstić information content (AvgIpc) is 3.12. The molecule has 32 heavy (non-hydrogen) atoms. The summed E-state index contributed by atoms with van der Waals surface area (Å²) in [5.41, 5.74) is 1.83. The van der Waals surface area contributed by atoms with Crippen LogP contribution in [0.5, 0.6) is 0 Å². The number of nitrogens with one attached hydrogen (secondary N) is 2. The lowest BCUT2D eigenvalue weighted by Crippen LogP contribution is -2.25. The molecule has 0 aliphatic carbocycles.